The van der Waals surface area contributed by atoms with Crippen molar-refractivity contribution in [1.82, 2.24) is 20.7 Å². The van der Waals surface area contributed by atoms with E-state index >= 15 is 0 Å². The molecule has 1 aliphatic rings. The minimum atomic E-state index is -0.920. The maximum Gasteiger partial charge on any atom is 0.269 e. The predicted octanol–water partition coefficient (Wildman–Crippen LogP) is 1.53. The molecule has 0 radical (unpaired) electrons. The smallest absolute Gasteiger partial charge is 0.269 e. The van der Waals surface area contributed by atoms with Crippen LogP contribution in [0.25, 0.3) is 0 Å². The number of hydrogen-bond acceptors (Lipinski definition) is 6. The van der Waals surface area contributed by atoms with Gasteiger partial charge in [0, 0.05) is 19.2 Å². The molecule has 9 nitrogen and oxygen atoms in total. The van der Waals surface area contributed by atoms with Crippen molar-refractivity contribution >= 4 is 35.1 Å². The Bertz CT molecular complexity index is 1050. The summed E-state index contributed by atoms with van der Waals surface area (Å²) in [6.07, 6.45) is 0.418. The summed E-state index contributed by atoms with van der Waals surface area (Å²) < 4.78 is 10.5. The molecule has 0 aromatic heterocycles. The van der Waals surface area contributed by atoms with Gasteiger partial charge in [-0.05, 0) is 48.5 Å². The number of thiocarbonyl (C=S) groups is 1. The number of amides is 3. The first-order valence-electron chi connectivity index (χ1n) is 10.3. The van der Waals surface area contributed by atoms with Crippen LogP contribution in [0.15, 0.2) is 48.5 Å². The zero-order valence-corrected chi connectivity index (χ0v) is 19.5. The molecule has 3 rings (SSSR count). The molecular weight excluding hydrogens is 444 g/mol. The topological polar surface area (TPSA) is 100 Å². The number of hydrazine groups is 1. The molecule has 2 aromatic carbocycles. The van der Waals surface area contributed by atoms with Gasteiger partial charge in [-0.2, -0.15) is 0 Å². The Labute approximate surface area is 197 Å². The summed E-state index contributed by atoms with van der Waals surface area (Å²) in [5.74, 6) is 0.135. The van der Waals surface area contributed by atoms with E-state index in [0.717, 1.165) is 5.56 Å². The molecule has 33 heavy (non-hydrogen) atoms. The maximum absolute atomic E-state index is 12.6. The average Bonchev–Trinajstić information content (AvgIpc) is 3.02. The van der Waals surface area contributed by atoms with Gasteiger partial charge in [0.1, 0.15) is 6.04 Å². The first kappa shape index (κ1) is 24.0. The fraction of sp³-hybridized carbons (Fsp3) is 0.304. The van der Waals surface area contributed by atoms with Crippen LogP contribution in [0.4, 0.5) is 0 Å². The van der Waals surface area contributed by atoms with E-state index in [2.05, 4.69) is 10.7 Å². The van der Waals surface area contributed by atoms with Crippen molar-refractivity contribution in [2.75, 3.05) is 27.8 Å². The zero-order chi connectivity index (χ0) is 24.0. The van der Waals surface area contributed by atoms with Gasteiger partial charge in [-0.25, -0.2) is 5.01 Å². The van der Waals surface area contributed by atoms with Gasteiger partial charge in [0.15, 0.2) is 16.6 Å². The second kappa shape index (κ2) is 10.8. The number of benzene rings is 2. The molecule has 0 saturated carbocycles. The molecule has 1 heterocycles. The second-order valence-electron chi connectivity index (χ2n) is 7.37. The molecule has 10 heteroatoms. The first-order valence-corrected chi connectivity index (χ1v) is 10.7. The van der Waals surface area contributed by atoms with Gasteiger partial charge in [0.25, 0.3) is 11.8 Å². The van der Waals surface area contributed by atoms with Gasteiger partial charge in [0.05, 0.1) is 20.6 Å². The number of carbonyl (C=O) groups excluding carboxylic acids is 3. The Morgan fingerprint density at radius 1 is 1.06 bits per heavy atom. The number of methoxy groups -OCH3 is 2. The van der Waals surface area contributed by atoms with Crippen LogP contribution in [-0.4, -0.2) is 66.6 Å². The van der Waals surface area contributed by atoms with Gasteiger partial charge in [-0.1, -0.05) is 24.3 Å². The largest absolute Gasteiger partial charge is 0.493 e. The average molecular weight is 471 g/mol. The number of carbonyl (C=O) groups is 3. The lowest BCUT2D eigenvalue weighted by Crippen LogP contribution is -2.50. The lowest BCUT2D eigenvalue weighted by atomic mass is 10.1. The SMILES string of the molecule is COc1ccc(CCNC(=O)CC2C(=O)N(C)C(=S)N2NC(=O)c2ccccc2)cc1OC. The van der Waals surface area contributed by atoms with Crippen molar-refractivity contribution in [1.29, 1.82) is 0 Å². The fourth-order valence-corrected chi connectivity index (χ4v) is 3.68. The van der Waals surface area contributed by atoms with Crippen molar-refractivity contribution in [3.8, 4) is 11.5 Å². The summed E-state index contributed by atoms with van der Waals surface area (Å²) in [5, 5.41) is 4.23. The third-order valence-corrected chi connectivity index (χ3v) is 5.71. The van der Waals surface area contributed by atoms with E-state index in [1.807, 2.05) is 12.1 Å². The van der Waals surface area contributed by atoms with Crippen molar-refractivity contribution in [2.24, 2.45) is 0 Å². The summed E-state index contributed by atoms with van der Waals surface area (Å²) in [7, 11) is 4.64. The number of likely N-dealkylation sites (N-methyl/N-ethyl adjacent to an activating group) is 1. The number of ether oxygens (including phenoxy) is 2. The Morgan fingerprint density at radius 3 is 2.42 bits per heavy atom. The van der Waals surface area contributed by atoms with Crippen LogP contribution >= 0.6 is 12.2 Å². The molecule has 2 N–H and O–H groups in total. The third kappa shape index (κ3) is 5.58. The normalized spacial score (nSPS) is 15.4. The highest BCUT2D eigenvalue weighted by Gasteiger charge is 2.42. The van der Waals surface area contributed by atoms with Crippen molar-refractivity contribution in [2.45, 2.75) is 18.9 Å². The summed E-state index contributed by atoms with van der Waals surface area (Å²) in [5.41, 5.74) is 4.03. The van der Waals surface area contributed by atoms with Crippen LogP contribution in [0.3, 0.4) is 0 Å². The molecule has 0 spiro atoms. The first-order chi connectivity index (χ1) is 15.8. The monoisotopic (exact) mass is 470 g/mol. The van der Waals surface area contributed by atoms with Gasteiger partial charge in [-0.3, -0.25) is 24.7 Å². The van der Waals surface area contributed by atoms with Crippen LogP contribution in [0.1, 0.15) is 22.3 Å². The predicted molar refractivity (Wildman–Crippen MR) is 126 cm³/mol. The van der Waals surface area contributed by atoms with E-state index in [1.54, 1.807) is 50.6 Å². The molecular formula is C23H26N4O5S. The number of nitrogens with zero attached hydrogens (tertiary/aromatic N) is 2. The molecule has 3 amide bonds. The zero-order valence-electron chi connectivity index (χ0n) is 18.7. The van der Waals surface area contributed by atoms with Gasteiger partial charge in [0.2, 0.25) is 5.91 Å². The lowest BCUT2D eigenvalue weighted by molar-refractivity contribution is -0.131. The van der Waals surface area contributed by atoms with Crippen molar-refractivity contribution in [3.05, 3.63) is 59.7 Å². The highest BCUT2D eigenvalue weighted by Crippen LogP contribution is 2.27. The number of nitrogens with one attached hydrogen (secondary N) is 2. The molecule has 1 saturated heterocycles. The molecule has 0 bridgehead atoms. The molecule has 2 aromatic rings. The third-order valence-electron chi connectivity index (χ3n) is 5.24. The van der Waals surface area contributed by atoms with E-state index in [9.17, 15) is 14.4 Å². The Balaban J connectivity index is 1.59. The summed E-state index contributed by atoms with van der Waals surface area (Å²) >= 11 is 5.30. The van der Waals surface area contributed by atoms with E-state index in [4.69, 9.17) is 21.7 Å². The van der Waals surface area contributed by atoms with Gasteiger partial charge >= 0.3 is 0 Å². The van der Waals surface area contributed by atoms with Crippen molar-refractivity contribution < 1.29 is 23.9 Å². The number of hydrogen-bond donors (Lipinski definition) is 2. The minimum Gasteiger partial charge on any atom is -0.493 e. The Kier molecular flexibility index (Phi) is 7.83. The van der Waals surface area contributed by atoms with E-state index in [1.165, 1.54) is 17.0 Å². The van der Waals surface area contributed by atoms with Gasteiger partial charge < -0.3 is 14.8 Å². The molecule has 1 atom stereocenters. The Hall–Kier alpha value is -3.66. The van der Waals surface area contributed by atoms with Crippen LogP contribution in [-0.2, 0) is 16.0 Å². The van der Waals surface area contributed by atoms with Crippen LogP contribution in [0, 0.1) is 0 Å². The van der Waals surface area contributed by atoms with Crippen LogP contribution in [0.2, 0.25) is 0 Å². The van der Waals surface area contributed by atoms with Crippen LogP contribution in [0.5, 0.6) is 11.5 Å². The molecule has 1 unspecified atom stereocenters. The van der Waals surface area contributed by atoms with Crippen LogP contribution < -0.4 is 20.2 Å². The van der Waals surface area contributed by atoms with E-state index < -0.39 is 11.9 Å². The maximum atomic E-state index is 12.6. The molecule has 1 aliphatic heterocycles. The summed E-state index contributed by atoms with van der Waals surface area (Å²) in [4.78, 5) is 39.0. The molecule has 174 valence electrons. The Morgan fingerprint density at radius 2 is 1.76 bits per heavy atom. The number of rotatable bonds is 9. The standard InChI is InChI=1S/C23H26N4O5S/c1-26-22(30)17(27(23(26)33)25-21(29)16-7-5-4-6-8-16)14-20(28)24-12-11-15-9-10-18(31-2)19(13-15)32-3/h4-10,13,17H,11-12,14H2,1-3H3,(H,24,28)(H,25,29). The minimum absolute atomic E-state index is 0.132. The van der Waals surface area contributed by atoms with Crippen molar-refractivity contribution in [3.63, 3.8) is 0 Å². The summed E-state index contributed by atoms with van der Waals surface area (Å²) in [6.45, 7) is 0.367. The molecule has 1 fully saturated rings. The lowest BCUT2D eigenvalue weighted by Gasteiger charge is -2.24. The second-order valence-corrected chi connectivity index (χ2v) is 7.73. The van der Waals surface area contributed by atoms with Gasteiger partial charge in [-0.15, -0.1) is 0 Å². The van der Waals surface area contributed by atoms with E-state index in [-0.39, 0.29) is 23.3 Å². The fourth-order valence-electron chi connectivity index (χ4n) is 3.42. The highest BCUT2D eigenvalue weighted by molar-refractivity contribution is 7.80. The summed E-state index contributed by atoms with van der Waals surface area (Å²) in [6, 6.07) is 13.2. The van der Waals surface area contributed by atoms with E-state index in [0.29, 0.717) is 30.0 Å². The quantitative estimate of drug-likeness (QED) is 0.536. The molecule has 0 aliphatic carbocycles. The highest BCUT2D eigenvalue weighted by atomic mass is 32.1.